The first kappa shape index (κ1) is 10.6. The summed E-state index contributed by atoms with van der Waals surface area (Å²) in [5.74, 6) is 1.64. The second-order valence-electron chi connectivity index (χ2n) is 4.28. The Labute approximate surface area is 94.4 Å². The standard InChI is InChI=1S/C9H14N2OS.ClH/c12-8-5-13-9(10-8)6-11-3-1-7(9)2-4-11;/h7H,1-6H2,(H,10,12);1H. The minimum absolute atomic E-state index is 0. The summed E-state index contributed by atoms with van der Waals surface area (Å²) in [6.07, 6.45) is 2.54. The van der Waals surface area contributed by atoms with Crippen LogP contribution >= 0.6 is 24.2 Å². The van der Waals surface area contributed by atoms with Gasteiger partial charge in [-0.1, -0.05) is 0 Å². The van der Waals surface area contributed by atoms with Gasteiger partial charge in [-0.3, -0.25) is 4.79 Å². The van der Waals surface area contributed by atoms with Gasteiger partial charge in [0, 0.05) is 6.54 Å². The molecule has 0 aliphatic carbocycles. The molecule has 4 fully saturated rings. The number of carbonyl (C=O) groups excluding carboxylic acids is 1. The molecule has 0 aromatic carbocycles. The maximum absolute atomic E-state index is 11.2. The van der Waals surface area contributed by atoms with Gasteiger partial charge in [-0.15, -0.1) is 24.2 Å². The molecule has 3 nitrogen and oxygen atoms in total. The molecular formula is C9H15ClN2OS. The van der Waals surface area contributed by atoms with Gasteiger partial charge in [0.15, 0.2) is 0 Å². The third-order valence-electron chi connectivity index (χ3n) is 3.52. The molecule has 2 bridgehead atoms. The fourth-order valence-corrected chi connectivity index (χ4v) is 4.22. The highest BCUT2D eigenvalue weighted by atomic mass is 35.5. The molecule has 1 spiro atoms. The van der Waals surface area contributed by atoms with E-state index < -0.39 is 0 Å². The Morgan fingerprint density at radius 3 is 2.57 bits per heavy atom. The molecule has 1 N–H and O–H groups in total. The van der Waals surface area contributed by atoms with Gasteiger partial charge in [0.2, 0.25) is 5.91 Å². The van der Waals surface area contributed by atoms with Crippen molar-refractivity contribution >= 4 is 30.1 Å². The average molecular weight is 235 g/mol. The molecule has 80 valence electrons. The van der Waals surface area contributed by atoms with E-state index in [9.17, 15) is 4.79 Å². The summed E-state index contributed by atoms with van der Waals surface area (Å²) in [6.45, 7) is 3.56. The minimum Gasteiger partial charge on any atom is -0.339 e. The Morgan fingerprint density at radius 2 is 2.14 bits per heavy atom. The molecule has 1 atom stereocenters. The summed E-state index contributed by atoms with van der Waals surface area (Å²) in [4.78, 5) is 13.8. The number of piperidine rings is 3. The number of hydrogen-bond acceptors (Lipinski definition) is 3. The van der Waals surface area contributed by atoms with Crippen LogP contribution in [0.4, 0.5) is 0 Å². The van der Waals surface area contributed by atoms with E-state index >= 15 is 0 Å². The van der Waals surface area contributed by atoms with Crippen LogP contribution < -0.4 is 5.32 Å². The lowest BCUT2D eigenvalue weighted by molar-refractivity contribution is -0.120. The predicted octanol–water partition coefficient (Wildman–Crippen LogP) is 0.693. The first-order valence-corrected chi connectivity index (χ1v) is 5.94. The SMILES string of the molecule is Cl.O=C1CSC2(CN3CCC2CC3)N1. The molecule has 0 aromatic heterocycles. The van der Waals surface area contributed by atoms with Crippen LogP contribution in [0.1, 0.15) is 12.8 Å². The minimum atomic E-state index is 0. The summed E-state index contributed by atoms with van der Waals surface area (Å²) in [7, 11) is 0. The van der Waals surface area contributed by atoms with Gasteiger partial charge in [-0.25, -0.2) is 0 Å². The van der Waals surface area contributed by atoms with E-state index in [1.807, 2.05) is 11.8 Å². The Kier molecular flexibility index (Phi) is 2.70. The van der Waals surface area contributed by atoms with Crippen LogP contribution in [0.3, 0.4) is 0 Å². The van der Waals surface area contributed by atoms with Crippen LogP contribution in [0.15, 0.2) is 0 Å². The summed E-state index contributed by atoms with van der Waals surface area (Å²) >= 11 is 1.83. The van der Waals surface area contributed by atoms with Gasteiger partial charge in [-0.05, 0) is 31.8 Å². The number of rotatable bonds is 0. The number of carbonyl (C=O) groups is 1. The van der Waals surface area contributed by atoms with E-state index in [1.54, 1.807) is 0 Å². The molecule has 1 amide bonds. The molecule has 4 heterocycles. The number of fused-ring (bicyclic) bond motifs is 2. The highest BCUT2D eigenvalue weighted by Crippen LogP contribution is 2.45. The molecular weight excluding hydrogens is 220 g/mol. The van der Waals surface area contributed by atoms with E-state index in [4.69, 9.17) is 0 Å². The molecule has 5 heteroatoms. The Morgan fingerprint density at radius 1 is 1.43 bits per heavy atom. The molecule has 4 saturated heterocycles. The summed E-state index contributed by atoms with van der Waals surface area (Å²) in [5, 5.41) is 3.18. The molecule has 0 saturated carbocycles. The maximum atomic E-state index is 11.2. The molecule has 4 aliphatic rings. The van der Waals surface area contributed by atoms with Crippen LogP contribution in [0, 0.1) is 5.92 Å². The predicted molar refractivity (Wildman–Crippen MR) is 59.7 cm³/mol. The van der Waals surface area contributed by atoms with Crippen molar-refractivity contribution in [2.45, 2.75) is 17.7 Å². The van der Waals surface area contributed by atoms with Crippen LogP contribution in [0.5, 0.6) is 0 Å². The van der Waals surface area contributed by atoms with Crippen molar-refractivity contribution in [2.75, 3.05) is 25.4 Å². The summed E-state index contributed by atoms with van der Waals surface area (Å²) in [5.41, 5.74) is 0. The molecule has 4 aliphatic heterocycles. The average Bonchev–Trinajstić information content (AvgIpc) is 2.49. The lowest BCUT2D eigenvalue weighted by atomic mass is 9.83. The topological polar surface area (TPSA) is 32.3 Å². The second kappa shape index (κ2) is 3.58. The fourth-order valence-electron chi connectivity index (χ4n) is 2.83. The third kappa shape index (κ3) is 1.44. The molecule has 4 rings (SSSR count). The van der Waals surface area contributed by atoms with Crippen molar-refractivity contribution in [1.29, 1.82) is 0 Å². The number of amides is 1. The van der Waals surface area contributed by atoms with Crippen LogP contribution in [0.25, 0.3) is 0 Å². The maximum Gasteiger partial charge on any atom is 0.231 e. The zero-order valence-electron chi connectivity index (χ0n) is 7.99. The lowest BCUT2D eigenvalue weighted by Crippen LogP contribution is -2.62. The monoisotopic (exact) mass is 234 g/mol. The third-order valence-corrected chi connectivity index (χ3v) is 5.00. The van der Waals surface area contributed by atoms with Crippen molar-refractivity contribution in [3.63, 3.8) is 0 Å². The number of hydrogen-bond donors (Lipinski definition) is 1. The second-order valence-corrected chi connectivity index (χ2v) is 5.58. The van der Waals surface area contributed by atoms with Crippen molar-refractivity contribution < 1.29 is 4.79 Å². The molecule has 1 unspecified atom stereocenters. The number of thioether (sulfide) groups is 1. The van der Waals surface area contributed by atoms with Crippen molar-refractivity contribution in [1.82, 2.24) is 10.2 Å². The van der Waals surface area contributed by atoms with Crippen LogP contribution in [-0.4, -0.2) is 41.1 Å². The zero-order chi connectivity index (χ0) is 8.89. The van der Waals surface area contributed by atoms with E-state index in [0.717, 1.165) is 12.5 Å². The van der Waals surface area contributed by atoms with E-state index in [1.165, 1.54) is 25.9 Å². The van der Waals surface area contributed by atoms with E-state index in [0.29, 0.717) is 5.75 Å². The largest absolute Gasteiger partial charge is 0.339 e. The lowest BCUT2D eigenvalue weighted by Gasteiger charge is -2.50. The summed E-state index contributed by atoms with van der Waals surface area (Å²) in [6, 6.07) is 0. The molecule has 0 aromatic rings. The zero-order valence-corrected chi connectivity index (χ0v) is 9.62. The first-order chi connectivity index (χ1) is 6.28. The van der Waals surface area contributed by atoms with Crippen molar-refractivity contribution in [2.24, 2.45) is 5.92 Å². The fraction of sp³-hybridized carbons (Fsp3) is 0.889. The highest BCUT2D eigenvalue weighted by Gasteiger charge is 2.50. The van der Waals surface area contributed by atoms with Gasteiger partial charge in [0.05, 0.1) is 5.75 Å². The smallest absolute Gasteiger partial charge is 0.231 e. The van der Waals surface area contributed by atoms with Crippen molar-refractivity contribution in [3.05, 3.63) is 0 Å². The van der Waals surface area contributed by atoms with Gasteiger partial charge >= 0.3 is 0 Å². The summed E-state index contributed by atoms with van der Waals surface area (Å²) < 4.78 is 0. The van der Waals surface area contributed by atoms with Gasteiger partial charge in [0.1, 0.15) is 4.87 Å². The van der Waals surface area contributed by atoms with Crippen LogP contribution in [0.2, 0.25) is 0 Å². The normalized spacial score (nSPS) is 45.0. The number of nitrogens with one attached hydrogen (secondary N) is 1. The highest BCUT2D eigenvalue weighted by molar-refractivity contribution is 8.01. The van der Waals surface area contributed by atoms with Gasteiger partial charge in [-0.2, -0.15) is 0 Å². The Balaban J connectivity index is 0.000000750. The van der Waals surface area contributed by atoms with Gasteiger partial charge in [0.25, 0.3) is 0 Å². The molecule has 0 radical (unpaired) electrons. The molecule has 14 heavy (non-hydrogen) atoms. The van der Waals surface area contributed by atoms with Crippen LogP contribution in [-0.2, 0) is 4.79 Å². The first-order valence-electron chi connectivity index (χ1n) is 4.96. The number of nitrogens with zero attached hydrogens (tertiary/aromatic N) is 1. The van der Waals surface area contributed by atoms with E-state index in [-0.39, 0.29) is 23.2 Å². The Bertz CT molecular complexity index is 255. The van der Waals surface area contributed by atoms with E-state index in [2.05, 4.69) is 10.2 Å². The van der Waals surface area contributed by atoms with Gasteiger partial charge < -0.3 is 10.2 Å². The Hall–Kier alpha value is 0.0700. The van der Waals surface area contributed by atoms with Crippen molar-refractivity contribution in [3.8, 4) is 0 Å². The number of halogens is 1. The quantitative estimate of drug-likeness (QED) is 0.670.